The summed E-state index contributed by atoms with van der Waals surface area (Å²) in [5.41, 5.74) is 3.42. The number of piperazine rings is 1. The molecule has 2 heterocycles. The Bertz CT molecular complexity index is 684. The largest absolute Gasteiger partial charge is 0.368 e. The van der Waals surface area contributed by atoms with Gasteiger partial charge in [0, 0.05) is 41.6 Å². The van der Waals surface area contributed by atoms with Crippen LogP contribution in [0.15, 0.2) is 30.3 Å². The van der Waals surface area contributed by atoms with Gasteiger partial charge in [-0.25, -0.2) is 0 Å². The van der Waals surface area contributed by atoms with Crippen LogP contribution >= 0.6 is 11.3 Å². The van der Waals surface area contributed by atoms with E-state index in [0.29, 0.717) is 0 Å². The van der Waals surface area contributed by atoms with Gasteiger partial charge in [0.25, 0.3) is 5.91 Å². The molecule has 0 spiro atoms. The molecular weight excluding hydrogens is 292 g/mol. The quantitative estimate of drug-likeness (QED) is 0.845. The van der Waals surface area contributed by atoms with Gasteiger partial charge in [-0.15, -0.1) is 11.3 Å². The molecular formula is C18H22N2OS. The Kier molecular flexibility index (Phi) is 4.21. The van der Waals surface area contributed by atoms with Crippen molar-refractivity contribution in [3.63, 3.8) is 0 Å². The molecule has 0 atom stereocenters. The minimum absolute atomic E-state index is 0.186. The first-order chi connectivity index (χ1) is 10.5. The molecule has 1 aliphatic heterocycles. The van der Waals surface area contributed by atoms with Gasteiger partial charge in [-0.2, -0.15) is 0 Å². The zero-order valence-electron chi connectivity index (χ0n) is 13.4. The minimum atomic E-state index is 0.186. The first-order valence-electron chi connectivity index (χ1n) is 7.72. The molecule has 1 amide bonds. The zero-order chi connectivity index (χ0) is 15.7. The van der Waals surface area contributed by atoms with Crippen LogP contribution in [-0.4, -0.2) is 37.0 Å². The number of nitrogens with zero attached hydrogens (tertiary/aromatic N) is 2. The van der Waals surface area contributed by atoms with E-state index in [1.807, 2.05) is 17.9 Å². The van der Waals surface area contributed by atoms with Gasteiger partial charge in [-0.05, 0) is 44.5 Å². The summed E-state index contributed by atoms with van der Waals surface area (Å²) in [5, 5.41) is 0. The third-order valence-corrected chi connectivity index (χ3v) is 5.17. The minimum Gasteiger partial charge on any atom is -0.368 e. The van der Waals surface area contributed by atoms with Gasteiger partial charge in [0.15, 0.2) is 0 Å². The number of carbonyl (C=O) groups is 1. The van der Waals surface area contributed by atoms with Crippen molar-refractivity contribution in [1.82, 2.24) is 4.90 Å². The molecule has 1 fully saturated rings. The van der Waals surface area contributed by atoms with Gasteiger partial charge in [-0.3, -0.25) is 4.79 Å². The zero-order valence-corrected chi connectivity index (χ0v) is 14.2. The summed E-state index contributed by atoms with van der Waals surface area (Å²) >= 11 is 1.70. The maximum absolute atomic E-state index is 12.6. The molecule has 0 N–H and O–H groups in total. The van der Waals surface area contributed by atoms with Crippen LogP contribution in [0.5, 0.6) is 0 Å². The van der Waals surface area contributed by atoms with E-state index in [4.69, 9.17) is 0 Å². The van der Waals surface area contributed by atoms with E-state index in [0.717, 1.165) is 36.6 Å². The van der Waals surface area contributed by atoms with E-state index in [2.05, 4.69) is 43.0 Å². The molecule has 4 heteroatoms. The van der Waals surface area contributed by atoms with E-state index in [1.165, 1.54) is 16.1 Å². The Labute approximate surface area is 136 Å². The van der Waals surface area contributed by atoms with E-state index in [9.17, 15) is 4.79 Å². The second-order valence-electron chi connectivity index (χ2n) is 5.95. The van der Waals surface area contributed by atoms with E-state index in [1.54, 1.807) is 11.3 Å². The fraction of sp³-hybridized carbons (Fsp3) is 0.389. The SMILES string of the molecule is Cc1cccc(N2CCN(C(=O)c3cc(C)sc3C)CC2)c1. The lowest BCUT2D eigenvalue weighted by Crippen LogP contribution is -2.48. The lowest BCUT2D eigenvalue weighted by Gasteiger charge is -2.36. The van der Waals surface area contributed by atoms with Crippen LogP contribution in [-0.2, 0) is 0 Å². The summed E-state index contributed by atoms with van der Waals surface area (Å²) in [4.78, 5) is 19.3. The normalized spacial score (nSPS) is 15.2. The molecule has 0 unspecified atom stereocenters. The number of anilines is 1. The van der Waals surface area contributed by atoms with Crippen LogP contribution in [0, 0.1) is 20.8 Å². The standard InChI is InChI=1S/C18H22N2OS/c1-13-5-4-6-16(11-13)19-7-9-20(10-8-19)18(21)17-12-14(2)22-15(17)3/h4-6,11-12H,7-10H2,1-3H3. The summed E-state index contributed by atoms with van der Waals surface area (Å²) in [6.45, 7) is 9.60. The molecule has 1 aliphatic rings. The fourth-order valence-electron chi connectivity index (χ4n) is 3.01. The van der Waals surface area contributed by atoms with Crippen LogP contribution < -0.4 is 4.90 Å². The smallest absolute Gasteiger partial charge is 0.255 e. The molecule has 22 heavy (non-hydrogen) atoms. The summed E-state index contributed by atoms with van der Waals surface area (Å²) in [6.07, 6.45) is 0. The predicted molar refractivity (Wildman–Crippen MR) is 93.1 cm³/mol. The highest BCUT2D eigenvalue weighted by Gasteiger charge is 2.24. The second-order valence-corrected chi connectivity index (χ2v) is 7.41. The number of benzene rings is 1. The second kappa shape index (κ2) is 6.13. The lowest BCUT2D eigenvalue weighted by molar-refractivity contribution is 0.0746. The van der Waals surface area contributed by atoms with Crippen LogP contribution in [0.3, 0.4) is 0 Å². The maximum Gasteiger partial charge on any atom is 0.255 e. The van der Waals surface area contributed by atoms with Crippen molar-refractivity contribution in [3.8, 4) is 0 Å². The summed E-state index contributed by atoms with van der Waals surface area (Å²) in [5.74, 6) is 0.186. The van der Waals surface area contributed by atoms with Crippen LogP contribution in [0.25, 0.3) is 0 Å². The van der Waals surface area contributed by atoms with Crippen molar-refractivity contribution in [3.05, 3.63) is 51.2 Å². The van der Waals surface area contributed by atoms with Crippen LogP contribution in [0.4, 0.5) is 5.69 Å². The molecule has 0 radical (unpaired) electrons. The molecule has 1 aromatic heterocycles. The molecule has 1 aromatic carbocycles. The number of thiophene rings is 1. The van der Waals surface area contributed by atoms with Gasteiger partial charge in [0.1, 0.15) is 0 Å². The Balaban J connectivity index is 1.67. The van der Waals surface area contributed by atoms with E-state index >= 15 is 0 Å². The summed E-state index contributed by atoms with van der Waals surface area (Å²) in [6, 6.07) is 10.6. The Morgan fingerprint density at radius 3 is 2.36 bits per heavy atom. The monoisotopic (exact) mass is 314 g/mol. The molecule has 0 aliphatic carbocycles. The molecule has 3 rings (SSSR count). The number of aryl methyl sites for hydroxylation is 3. The predicted octanol–water partition coefficient (Wildman–Crippen LogP) is 3.64. The van der Waals surface area contributed by atoms with Gasteiger partial charge in [0.05, 0.1) is 5.56 Å². The first kappa shape index (κ1) is 15.1. The summed E-state index contributed by atoms with van der Waals surface area (Å²) < 4.78 is 0. The Morgan fingerprint density at radius 1 is 1.05 bits per heavy atom. The topological polar surface area (TPSA) is 23.6 Å². The summed E-state index contributed by atoms with van der Waals surface area (Å²) in [7, 11) is 0. The van der Waals surface area contributed by atoms with E-state index < -0.39 is 0 Å². The first-order valence-corrected chi connectivity index (χ1v) is 8.54. The van der Waals surface area contributed by atoms with Crippen LogP contribution in [0.1, 0.15) is 25.7 Å². The van der Waals surface area contributed by atoms with Crippen LogP contribution in [0.2, 0.25) is 0 Å². The van der Waals surface area contributed by atoms with Crippen molar-refractivity contribution in [2.75, 3.05) is 31.1 Å². The molecule has 1 saturated heterocycles. The highest BCUT2D eigenvalue weighted by atomic mass is 32.1. The van der Waals surface area contributed by atoms with Crippen molar-refractivity contribution in [2.45, 2.75) is 20.8 Å². The van der Waals surface area contributed by atoms with Crippen molar-refractivity contribution < 1.29 is 4.79 Å². The van der Waals surface area contributed by atoms with Gasteiger partial charge in [-0.1, -0.05) is 12.1 Å². The van der Waals surface area contributed by atoms with Crippen molar-refractivity contribution in [1.29, 1.82) is 0 Å². The van der Waals surface area contributed by atoms with Crippen molar-refractivity contribution >= 4 is 22.9 Å². The van der Waals surface area contributed by atoms with Gasteiger partial charge >= 0.3 is 0 Å². The van der Waals surface area contributed by atoms with E-state index in [-0.39, 0.29) is 5.91 Å². The molecule has 2 aromatic rings. The average Bonchev–Trinajstić information content (AvgIpc) is 2.85. The third-order valence-electron chi connectivity index (χ3n) is 4.21. The molecule has 0 saturated carbocycles. The number of rotatable bonds is 2. The molecule has 116 valence electrons. The number of hydrogen-bond acceptors (Lipinski definition) is 3. The maximum atomic E-state index is 12.6. The number of carbonyl (C=O) groups excluding carboxylic acids is 1. The van der Waals surface area contributed by atoms with Gasteiger partial charge < -0.3 is 9.80 Å². The highest BCUT2D eigenvalue weighted by molar-refractivity contribution is 7.12. The number of hydrogen-bond donors (Lipinski definition) is 0. The lowest BCUT2D eigenvalue weighted by atomic mass is 10.1. The molecule has 0 bridgehead atoms. The highest BCUT2D eigenvalue weighted by Crippen LogP contribution is 2.23. The Morgan fingerprint density at radius 2 is 1.77 bits per heavy atom. The third kappa shape index (κ3) is 3.02. The molecule has 3 nitrogen and oxygen atoms in total. The average molecular weight is 314 g/mol. The Hall–Kier alpha value is -1.81. The van der Waals surface area contributed by atoms with Gasteiger partial charge in [0.2, 0.25) is 0 Å². The van der Waals surface area contributed by atoms with Crippen molar-refractivity contribution in [2.24, 2.45) is 0 Å². The fourth-order valence-corrected chi connectivity index (χ4v) is 3.92. The number of amides is 1.